The van der Waals surface area contributed by atoms with Gasteiger partial charge >= 0.3 is 0 Å². The summed E-state index contributed by atoms with van der Waals surface area (Å²) in [5.41, 5.74) is 5.15. The van der Waals surface area contributed by atoms with Crippen molar-refractivity contribution in [2.75, 3.05) is 6.61 Å². The number of pyridine rings is 1. The van der Waals surface area contributed by atoms with Crippen LogP contribution in [0.2, 0.25) is 0 Å². The van der Waals surface area contributed by atoms with E-state index in [0.717, 1.165) is 41.6 Å². The molecule has 2 atom stereocenters. The van der Waals surface area contributed by atoms with E-state index >= 15 is 0 Å². The molecular weight excluding hydrogens is 412 g/mol. The molecular formula is C24H23F2N5O. The quantitative estimate of drug-likeness (QED) is 0.455. The SMILES string of the molecule is Cc1nc2cc([C@@H]3CCO[C@H](c4cnn(C)c4)C3)nc(-c3ccc(F)cc3F)c2nc1C. The third-order valence-corrected chi connectivity index (χ3v) is 6.07. The van der Waals surface area contributed by atoms with Crippen molar-refractivity contribution in [3.63, 3.8) is 0 Å². The number of hydrogen-bond acceptors (Lipinski definition) is 5. The zero-order chi connectivity index (χ0) is 22.4. The van der Waals surface area contributed by atoms with Crippen molar-refractivity contribution in [1.82, 2.24) is 24.7 Å². The fraction of sp³-hybridized carbons (Fsp3) is 0.333. The minimum absolute atomic E-state index is 0.0863. The lowest BCUT2D eigenvalue weighted by Crippen LogP contribution is -2.19. The molecule has 0 amide bonds. The predicted molar refractivity (Wildman–Crippen MR) is 116 cm³/mol. The second-order valence-electron chi connectivity index (χ2n) is 8.31. The molecule has 0 aliphatic carbocycles. The van der Waals surface area contributed by atoms with Gasteiger partial charge in [-0.15, -0.1) is 0 Å². The van der Waals surface area contributed by atoms with Crippen LogP contribution in [0.5, 0.6) is 0 Å². The molecule has 0 spiro atoms. The number of aromatic nitrogens is 5. The van der Waals surface area contributed by atoms with Gasteiger partial charge in [0.15, 0.2) is 0 Å². The fourth-order valence-corrected chi connectivity index (χ4v) is 4.23. The molecule has 1 aliphatic heterocycles. The molecule has 1 fully saturated rings. The summed E-state index contributed by atoms with van der Waals surface area (Å²) in [6.07, 6.45) is 5.21. The van der Waals surface area contributed by atoms with Crippen LogP contribution < -0.4 is 0 Å². The second-order valence-corrected chi connectivity index (χ2v) is 8.31. The molecule has 0 N–H and O–H groups in total. The molecule has 1 aliphatic rings. The Balaban J connectivity index is 1.62. The maximum atomic E-state index is 14.7. The first-order valence-corrected chi connectivity index (χ1v) is 10.6. The first kappa shape index (κ1) is 20.6. The molecule has 6 nitrogen and oxygen atoms in total. The van der Waals surface area contributed by atoms with Gasteiger partial charge in [0.05, 0.1) is 29.2 Å². The van der Waals surface area contributed by atoms with E-state index in [-0.39, 0.29) is 17.6 Å². The lowest BCUT2D eigenvalue weighted by molar-refractivity contribution is 0.00464. The van der Waals surface area contributed by atoms with Gasteiger partial charge in [-0.25, -0.2) is 23.7 Å². The number of hydrogen-bond donors (Lipinski definition) is 0. The summed E-state index contributed by atoms with van der Waals surface area (Å²) in [4.78, 5) is 14.2. The Hall–Kier alpha value is -3.26. The molecule has 1 aromatic carbocycles. The van der Waals surface area contributed by atoms with Crippen molar-refractivity contribution in [2.45, 2.75) is 38.7 Å². The Morgan fingerprint density at radius 1 is 1.06 bits per heavy atom. The highest BCUT2D eigenvalue weighted by Crippen LogP contribution is 2.39. The van der Waals surface area contributed by atoms with Gasteiger partial charge in [0.25, 0.3) is 0 Å². The van der Waals surface area contributed by atoms with Crippen LogP contribution in [0.25, 0.3) is 22.3 Å². The molecule has 0 radical (unpaired) electrons. The molecule has 164 valence electrons. The van der Waals surface area contributed by atoms with E-state index in [1.807, 2.05) is 39.4 Å². The Morgan fingerprint density at radius 2 is 1.88 bits per heavy atom. The summed E-state index contributed by atoms with van der Waals surface area (Å²) in [5, 5.41) is 4.25. The van der Waals surface area contributed by atoms with Crippen LogP contribution in [0, 0.1) is 25.5 Å². The summed E-state index contributed by atoms with van der Waals surface area (Å²) in [6.45, 7) is 4.34. The lowest BCUT2D eigenvalue weighted by Gasteiger charge is -2.29. The van der Waals surface area contributed by atoms with Gasteiger partial charge in [-0.1, -0.05) is 0 Å². The third-order valence-electron chi connectivity index (χ3n) is 6.07. The number of ether oxygens (including phenoxy) is 1. The molecule has 0 unspecified atom stereocenters. The van der Waals surface area contributed by atoms with Gasteiger partial charge in [-0.2, -0.15) is 5.10 Å². The second kappa shape index (κ2) is 8.02. The van der Waals surface area contributed by atoms with E-state index in [4.69, 9.17) is 14.7 Å². The summed E-state index contributed by atoms with van der Waals surface area (Å²) in [6, 6.07) is 5.46. The highest BCUT2D eigenvalue weighted by atomic mass is 19.1. The minimum Gasteiger partial charge on any atom is -0.373 e. The van der Waals surface area contributed by atoms with Crippen LogP contribution in [-0.2, 0) is 11.8 Å². The van der Waals surface area contributed by atoms with Gasteiger partial charge in [0.2, 0.25) is 0 Å². The van der Waals surface area contributed by atoms with Gasteiger partial charge < -0.3 is 4.74 Å². The maximum Gasteiger partial charge on any atom is 0.135 e. The zero-order valence-corrected chi connectivity index (χ0v) is 18.1. The first-order chi connectivity index (χ1) is 15.4. The van der Waals surface area contributed by atoms with E-state index in [1.165, 1.54) is 12.1 Å². The van der Waals surface area contributed by atoms with Crippen molar-refractivity contribution in [1.29, 1.82) is 0 Å². The molecule has 1 saturated heterocycles. The Labute approximate surface area is 184 Å². The van der Waals surface area contributed by atoms with E-state index < -0.39 is 11.6 Å². The molecule has 4 aromatic rings. The smallest absolute Gasteiger partial charge is 0.135 e. The zero-order valence-electron chi connectivity index (χ0n) is 18.1. The van der Waals surface area contributed by atoms with Crippen LogP contribution in [0.1, 0.15) is 47.5 Å². The number of rotatable bonds is 3. The standard InChI is InChI=1S/C24H23F2N5O/c1-13-14(2)29-24-21(28-13)10-20(30-23(24)18-5-4-17(25)9-19(18)26)15-6-7-32-22(8-15)16-11-27-31(3)12-16/h4-5,9-12,15,22H,6-8H2,1-3H3/t15-,22+/m1/s1. The number of halogens is 2. The van der Waals surface area contributed by atoms with E-state index in [0.29, 0.717) is 23.3 Å². The van der Waals surface area contributed by atoms with Crippen LogP contribution >= 0.6 is 0 Å². The average molecular weight is 435 g/mol. The Morgan fingerprint density at radius 3 is 2.62 bits per heavy atom. The third kappa shape index (κ3) is 3.75. The summed E-state index contributed by atoms with van der Waals surface area (Å²) in [7, 11) is 1.88. The van der Waals surface area contributed by atoms with E-state index in [9.17, 15) is 8.78 Å². The van der Waals surface area contributed by atoms with Crippen LogP contribution in [0.3, 0.4) is 0 Å². The Kier molecular flexibility index (Phi) is 5.17. The van der Waals surface area contributed by atoms with Crippen LogP contribution in [-0.4, -0.2) is 31.3 Å². The monoisotopic (exact) mass is 435 g/mol. The Bertz CT molecular complexity index is 1320. The van der Waals surface area contributed by atoms with Crippen molar-refractivity contribution in [3.05, 3.63) is 70.9 Å². The molecule has 5 rings (SSSR count). The summed E-state index contributed by atoms with van der Waals surface area (Å²) in [5.74, 6) is -1.20. The predicted octanol–water partition coefficient (Wildman–Crippen LogP) is 4.96. The van der Waals surface area contributed by atoms with E-state index in [1.54, 1.807) is 4.68 Å². The molecule has 3 aromatic heterocycles. The number of benzene rings is 1. The fourth-order valence-electron chi connectivity index (χ4n) is 4.23. The first-order valence-electron chi connectivity index (χ1n) is 10.6. The number of aryl methyl sites for hydroxylation is 3. The molecule has 32 heavy (non-hydrogen) atoms. The number of fused-ring (bicyclic) bond motifs is 1. The van der Waals surface area contributed by atoms with Crippen molar-refractivity contribution in [2.24, 2.45) is 7.05 Å². The van der Waals surface area contributed by atoms with Gasteiger partial charge in [0.1, 0.15) is 22.8 Å². The topological polar surface area (TPSA) is 65.7 Å². The summed E-state index contributed by atoms with van der Waals surface area (Å²) < 4.78 is 36.1. The van der Waals surface area contributed by atoms with Crippen molar-refractivity contribution >= 4 is 11.0 Å². The normalized spacial score (nSPS) is 18.9. The molecule has 4 heterocycles. The van der Waals surface area contributed by atoms with Crippen LogP contribution in [0.15, 0.2) is 36.7 Å². The molecule has 8 heteroatoms. The largest absolute Gasteiger partial charge is 0.373 e. The lowest BCUT2D eigenvalue weighted by atomic mass is 9.89. The summed E-state index contributed by atoms with van der Waals surface area (Å²) >= 11 is 0. The molecule has 0 bridgehead atoms. The van der Waals surface area contributed by atoms with Gasteiger partial charge in [-0.3, -0.25) is 4.68 Å². The highest BCUT2D eigenvalue weighted by Gasteiger charge is 2.28. The van der Waals surface area contributed by atoms with E-state index in [2.05, 4.69) is 10.1 Å². The number of nitrogens with zero attached hydrogens (tertiary/aromatic N) is 5. The average Bonchev–Trinajstić information content (AvgIpc) is 3.21. The molecule has 0 saturated carbocycles. The van der Waals surface area contributed by atoms with Crippen molar-refractivity contribution in [3.8, 4) is 11.3 Å². The maximum absolute atomic E-state index is 14.7. The van der Waals surface area contributed by atoms with Crippen molar-refractivity contribution < 1.29 is 13.5 Å². The highest BCUT2D eigenvalue weighted by molar-refractivity contribution is 5.89. The van der Waals surface area contributed by atoms with Gasteiger partial charge in [0, 0.05) is 48.7 Å². The van der Waals surface area contributed by atoms with Crippen LogP contribution in [0.4, 0.5) is 8.78 Å². The minimum atomic E-state index is -0.670. The van der Waals surface area contributed by atoms with Gasteiger partial charge in [-0.05, 0) is 44.9 Å².